The first-order valence-electron chi connectivity index (χ1n) is 3.91. The second-order valence-electron chi connectivity index (χ2n) is 3.36. The van der Waals surface area contributed by atoms with Crippen LogP contribution in [-0.4, -0.2) is 7.05 Å². The van der Waals surface area contributed by atoms with Crippen molar-refractivity contribution in [2.24, 2.45) is 5.41 Å². The second-order valence-corrected chi connectivity index (χ2v) is 3.36. The van der Waals surface area contributed by atoms with Crippen molar-refractivity contribution >= 4 is 0 Å². The molecule has 0 aliphatic heterocycles. The minimum Gasteiger partial charge on any atom is -0.391 e. The van der Waals surface area contributed by atoms with E-state index in [2.05, 4.69) is 32.7 Å². The zero-order valence-electron chi connectivity index (χ0n) is 7.62. The van der Waals surface area contributed by atoms with E-state index in [1.807, 2.05) is 7.05 Å². The normalized spacial score (nSPS) is 11.2. The molecule has 1 heteroatoms. The van der Waals surface area contributed by atoms with Gasteiger partial charge in [-0.15, -0.1) is 0 Å². The van der Waals surface area contributed by atoms with E-state index in [9.17, 15) is 0 Å². The van der Waals surface area contributed by atoms with Gasteiger partial charge in [0.15, 0.2) is 0 Å². The summed E-state index contributed by atoms with van der Waals surface area (Å²) in [6, 6.07) is 0. The lowest BCUT2D eigenvalue weighted by Gasteiger charge is -2.26. The van der Waals surface area contributed by atoms with Crippen LogP contribution in [0, 0.1) is 5.41 Å². The third-order valence-electron chi connectivity index (χ3n) is 1.99. The summed E-state index contributed by atoms with van der Waals surface area (Å²) in [5.41, 5.74) is 1.39. The van der Waals surface area contributed by atoms with Crippen LogP contribution in [0.2, 0.25) is 0 Å². The molecule has 10 heavy (non-hydrogen) atoms. The summed E-state index contributed by atoms with van der Waals surface area (Å²) in [4.78, 5) is 0. The Morgan fingerprint density at radius 1 is 1.50 bits per heavy atom. The largest absolute Gasteiger partial charge is 0.391 e. The van der Waals surface area contributed by atoms with Crippen LogP contribution in [0.15, 0.2) is 12.3 Å². The predicted octanol–water partition coefficient (Wildman–Crippen LogP) is 2.55. The lowest BCUT2D eigenvalue weighted by atomic mass is 9.85. The first-order chi connectivity index (χ1) is 4.54. The fourth-order valence-corrected chi connectivity index (χ4v) is 1.11. The van der Waals surface area contributed by atoms with Crippen molar-refractivity contribution in [1.82, 2.24) is 5.32 Å². The molecule has 0 heterocycles. The first kappa shape index (κ1) is 9.54. The minimum absolute atomic E-state index is 0.253. The molecule has 0 aromatic carbocycles. The van der Waals surface area contributed by atoms with Gasteiger partial charge >= 0.3 is 0 Å². The van der Waals surface area contributed by atoms with E-state index in [0.29, 0.717) is 0 Å². The Labute approximate surface area is 64.5 Å². The zero-order chi connectivity index (χ0) is 8.20. The molecule has 1 nitrogen and oxygen atoms in total. The van der Waals surface area contributed by atoms with Crippen LogP contribution < -0.4 is 5.32 Å². The molecule has 0 radical (unpaired) electrons. The highest BCUT2D eigenvalue weighted by atomic mass is 14.8. The number of hydrogen-bond donors (Lipinski definition) is 1. The van der Waals surface area contributed by atoms with E-state index in [0.717, 1.165) is 5.70 Å². The van der Waals surface area contributed by atoms with Gasteiger partial charge in [-0.25, -0.2) is 0 Å². The molecular weight excluding hydrogens is 122 g/mol. The molecule has 0 saturated heterocycles. The Morgan fingerprint density at radius 3 is 2.30 bits per heavy atom. The van der Waals surface area contributed by atoms with Crippen molar-refractivity contribution < 1.29 is 0 Å². The van der Waals surface area contributed by atoms with Crippen LogP contribution in [0.3, 0.4) is 0 Å². The molecule has 0 saturated carbocycles. The molecule has 0 aromatic rings. The van der Waals surface area contributed by atoms with Gasteiger partial charge in [0.2, 0.25) is 0 Å². The fourth-order valence-electron chi connectivity index (χ4n) is 1.11. The Morgan fingerprint density at radius 2 is 2.00 bits per heavy atom. The maximum Gasteiger partial charge on any atom is 0.00884 e. The maximum absolute atomic E-state index is 3.95. The van der Waals surface area contributed by atoms with E-state index < -0.39 is 0 Å². The van der Waals surface area contributed by atoms with Gasteiger partial charge in [0.25, 0.3) is 0 Å². The van der Waals surface area contributed by atoms with Crippen molar-refractivity contribution in [1.29, 1.82) is 0 Å². The molecule has 0 unspecified atom stereocenters. The summed E-state index contributed by atoms with van der Waals surface area (Å²) < 4.78 is 0. The van der Waals surface area contributed by atoms with Crippen molar-refractivity contribution in [3.8, 4) is 0 Å². The molecule has 60 valence electrons. The zero-order valence-corrected chi connectivity index (χ0v) is 7.62. The van der Waals surface area contributed by atoms with E-state index in [1.54, 1.807) is 0 Å². The van der Waals surface area contributed by atoms with Crippen molar-refractivity contribution in [2.45, 2.75) is 33.6 Å². The third-order valence-corrected chi connectivity index (χ3v) is 1.99. The Bertz CT molecular complexity index is 114. The molecule has 0 rings (SSSR count). The molecule has 0 aliphatic carbocycles. The average Bonchev–Trinajstić information content (AvgIpc) is 1.86. The topological polar surface area (TPSA) is 12.0 Å². The highest BCUT2D eigenvalue weighted by Crippen LogP contribution is 2.27. The van der Waals surface area contributed by atoms with Crippen LogP contribution in [-0.2, 0) is 0 Å². The Hall–Kier alpha value is -0.460. The highest BCUT2D eigenvalue weighted by molar-refractivity contribution is 5.03. The summed E-state index contributed by atoms with van der Waals surface area (Å²) in [6.45, 7) is 10.6. The van der Waals surface area contributed by atoms with Gasteiger partial charge < -0.3 is 5.32 Å². The Kier molecular flexibility index (Phi) is 3.48. The third kappa shape index (κ3) is 2.42. The van der Waals surface area contributed by atoms with Gasteiger partial charge in [0.1, 0.15) is 0 Å². The lowest BCUT2D eigenvalue weighted by molar-refractivity contribution is 0.384. The standard InChI is InChI=1S/C9H19N/c1-6-7-9(3,4)8(2)10-5/h10H,2,6-7H2,1,3-5H3. The van der Waals surface area contributed by atoms with Crippen LogP contribution in [0.25, 0.3) is 0 Å². The second kappa shape index (κ2) is 3.65. The molecular formula is C9H19N. The molecule has 0 atom stereocenters. The molecule has 0 spiro atoms. The molecule has 0 bridgehead atoms. The smallest absolute Gasteiger partial charge is 0.00884 e. The minimum atomic E-state index is 0.253. The number of rotatable bonds is 4. The van der Waals surface area contributed by atoms with E-state index in [-0.39, 0.29) is 5.41 Å². The van der Waals surface area contributed by atoms with Crippen LogP contribution in [0.5, 0.6) is 0 Å². The van der Waals surface area contributed by atoms with E-state index >= 15 is 0 Å². The molecule has 0 amide bonds. The number of hydrogen-bond acceptors (Lipinski definition) is 1. The first-order valence-corrected chi connectivity index (χ1v) is 3.91. The van der Waals surface area contributed by atoms with Gasteiger partial charge in [0.05, 0.1) is 0 Å². The molecule has 1 N–H and O–H groups in total. The van der Waals surface area contributed by atoms with Crippen LogP contribution >= 0.6 is 0 Å². The van der Waals surface area contributed by atoms with Gasteiger partial charge in [-0.05, 0) is 6.42 Å². The fraction of sp³-hybridized carbons (Fsp3) is 0.778. The summed E-state index contributed by atoms with van der Waals surface area (Å²) in [5.74, 6) is 0. The molecule has 0 fully saturated rings. The van der Waals surface area contributed by atoms with Crippen molar-refractivity contribution in [2.75, 3.05) is 7.05 Å². The molecule has 0 aromatic heterocycles. The summed E-state index contributed by atoms with van der Waals surface area (Å²) >= 11 is 0. The van der Waals surface area contributed by atoms with Gasteiger partial charge in [-0.3, -0.25) is 0 Å². The monoisotopic (exact) mass is 141 g/mol. The quantitative estimate of drug-likeness (QED) is 0.634. The summed E-state index contributed by atoms with van der Waals surface area (Å²) in [6.07, 6.45) is 2.42. The number of nitrogens with one attached hydrogen (secondary N) is 1. The van der Waals surface area contributed by atoms with Gasteiger partial charge in [-0.1, -0.05) is 33.8 Å². The lowest BCUT2D eigenvalue weighted by Crippen LogP contribution is -2.22. The maximum atomic E-state index is 3.95. The van der Waals surface area contributed by atoms with Crippen LogP contribution in [0.1, 0.15) is 33.6 Å². The van der Waals surface area contributed by atoms with Crippen molar-refractivity contribution in [3.05, 3.63) is 12.3 Å². The average molecular weight is 141 g/mol. The van der Waals surface area contributed by atoms with Crippen LogP contribution in [0.4, 0.5) is 0 Å². The molecule has 0 aliphatic rings. The summed E-state index contributed by atoms with van der Waals surface area (Å²) in [5, 5.41) is 3.10. The Balaban J connectivity index is 3.96. The van der Waals surface area contributed by atoms with Gasteiger partial charge in [-0.2, -0.15) is 0 Å². The predicted molar refractivity (Wildman–Crippen MR) is 46.9 cm³/mol. The number of allylic oxidation sites excluding steroid dienone is 1. The SMILES string of the molecule is C=C(NC)C(C)(C)CCC. The highest BCUT2D eigenvalue weighted by Gasteiger charge is 2.18. The van der Waals surface area contributed by atoms with E-state index in [1.165, 1.54) is 12.8 Å². The summed E-state index contributed by atoms with van der Waals surface area (Å²) in [7, 11) is 1.93. The van der Waals surface area contributed by atoms with Crippen molar-refractivity contribution in [3.63, 3.8) is 0 Å². The van der Waals surface area contributed by atoms with E-state index in [4.69, 9.17) is 0 Å². The van der Waals surface area contributed by atoms with Gasteiger partial charge in [0, 0.05) is 18.2 Å².